The van der Waals surface area contributed by atoms with Gasteiger partial charge in [0.15, 0.2) is 0 Å². The molecule has 1 spiro atoms. The summed E-state index contributed by atoms with van der Waals surface area (Å²) in [6.07, 6.45) is -6.91. The van der Waals surface area contributed by atoms with E-state index in [2.05, 4.69) is 5.32 Å². The van der Waals surface area contributed by atoms with Crippen LogP contribution in [0.4, 0.5) is 36.4 Å². The highest BCUT2D eigenvalue weighted by atomic mass is 19.4. The molecule has 1 aromatic rings. The first-order valence-corrected chi connectivity index (χ1v) is 13.0. The summed E-state index contributed by atoms with van der Waals surface area (Å²) >= 11 is 0. The zero-order valence-electron chi connectivity index (χ0n) is 23.8. The lowest BCUT2D eigenvalue weighted by atomic mass is 9.80. The first-order chi connectivity index (χ1) is 19.5. The number of nitriles is 1. The van der Waals surface area contributed by atoms with Crippen molar-refractivity contribution in [2.45, 2.75) is 82.1 Å². The number of hydrogen-bond donors (Lipinski definition) is 2. The molecule has 1 fully saturated rings. The molecule has 2 N–H and O–H groups in total. The van der Waals surface area contributed by atoms with Gasteiger partial charge in [0.2, 0.25) is 17.7 Å². The van der Waals surface area contributed by atoms with Crippen molar-refractivity contribution in [1.82, 2.24) is 15.1 Å². The standard InChI is InChI=1S/C27H30F7N5O4/c1-14(36-22(43)25(28,29)26(30,31)27(32,33)34)19(40)38(5)18(11-23(2,3)4)20(41)39-13-24(10-15(39)12-35)16-8-6-7-9-17(16)37-21(24)42/h6-9,14-15,18H,10-11,13H2,1-5H3,(H,36,43)(H,37,42)/t14-,15-,18-,24-/m0/s1. The fourth-order valence-electron chi connectivity index (χ4n) is 5.28. The molecule has 1 saturated heterocycles. The Morgan fingerprint density at radius 2 is 1.72 bits per heavy atom. The number of nitrogens with zero attached hydrogens (tertiary/aromatic N) is 3. The lowest BCUT2D eigenvalue weighted by Crippen LogP contribution is -2.62. The molecule has 9 nitrogen and oxygen atoms in total. The number of rotatable bonds is 7. The maximum absolute atomic E-state index is 14.0. The molecule has 0 aromatic heterocycles. The Kier molecular flexibility index (Phi) is 8.58. The van der Waals surface area contributed by atoms with Crippen LogP contribution in [0.1, 0.15) is 46.1 Å². The summed E-state index contributed by atoms with van der Waals surface area (Å²) in [5.74, 6) is -18.5. The SMILES string of the molecule is C[C@H](NC(=O)C(F)(F)C(F)(F)C(F)(F)F)C(=O)N(C)[C@@H](CC(C)(C)C)C(=O)N1C[C@]2(C[C@H]1C#N)C(=O)Nc1ccccc12. The molecule has 236 valence electrons. The first-order valence-electron chi connectivity index (χ1n) is 13.0. The van der Waals surface area contributed by atoms with Gasteiger partial charge in [0, 0.05) is 25.7 Å². The number of benzene rings is 1. The summed E-state index contributed by atoms with van der Waals surface area (Å²) in [5, 5.41) is 13.8. The van der Waals surface area contributed by atoms with Crippen LogP contribution in [0.2, 0.25) is 0 Å². The summed E-state index contributed by atoms with van der Waals surface area (Å²) in [4.78, 5) is 53.9. The third-order valence-electron chi connectivity index (χ3n) is 7.58. The van der Waals surface area contributed by atoms with E-state index < -0.39 is 70.6 Å². The number of nitrogens with one attached hydrogen (secondary N) is 2. The van der Waals surface area contributed by atoms with Gasteiger partial charge < -0.3 is 20.4 Å². The highest BCUT2D eigenvalue weighted by Gasteiger charge is 2.76. The van der Waals surface area contributed by atoms with E-state index in [-0.39, 0.29) is 19.4 Å². The molecule has 0 unspecified atom stereocenters. The van der Waals surface area contributed by atoms with E-state index in [9.17, 15) is 55.2 Å². The van der Waals surface area contributed by atoms with Gasteiger partial charge in [-0.15, -0.1) is 0 Å². The van der Waals surface area contributed by atoms with Gasteiger partial charge in [0.05, 0.1) is 11.5 Å². The maximum Gasteiger partial charge on any atom is 0.460 e. The van der Waals surface area contributed by atoms with Crippen molar-refractivity contribution in [3.63, 3.8) is 0 Å². The predicted octanol–water partition coefficient (Wildman–Crippen LogP) is 3.60. The van der Waals surface area contributed by atoms with Gasteiger partial charge in [-0.05, 0) is 30.4 Å². The average Bonchev–Trinajstić information content (AvgIpc) is 3.42. The normalized spacial score (nSPS) is 22.0. The molecular weight excluding hydrogens is 591 g/mol. The number of alkyl halides is 7. The second kappa shape index (κ2) is 11.0. The van der Waals surface area contributed by atoms with Crippen molar-refractivity contribution in [3.8, 4) is 6.07 Å². The number of halogens is 7. The largest absolute Gasteiger partial charge is 0.460 e. The fraction of sp³-hybridized carbons (Fsp3) is 0.593. The van der Waals surface area contributed by atoms with E-state index in [0.29, 0.717) is 11.3 Å². The third-order valence-corrected chi connectivity index (χ3v) is 7.58. The Balaban J connectivity index is 1.89. The quantitative estimate of drug-likeness (QED) is 0.451. The van der Waals surface area contributed by atoms with Crippen molar-refractivity contribution in [2.75, 3.05) is 18.9 Å². The number of hydrogen-bond acceptors (Lipinski definition) is 5. The van der Waals surface area contributed by atoms with Gasteiger partial charge in [-0.2, -0.15) is 36.0 Å². The summed E-state index contributed by atoms with van der Waals surface area (Å²) in [5.41, 5.74) is -0.868. The number of anilines is 1. The van der Waals surface area contributed by atoms with E-state index in [1.807, 2.05) is 6.07 Å². The zero-order chi connectivity index (χ0) is 32.9. The molecule has 1 aromatic carbocycles. The summed E-state index contributed by atoms with van der Waals surface area (Å²) in [7, 11) is 1.06. The van der Waals surface area contributed by atoms with E-state index >= 15 is 0 Å². The monoisotopic (exact) mass is 621 g/mol. The van der Waals surface area contributed by atoms with Crippen LogP contribution in [0.15, 0.2) is 24.3 Å². The van der Waals surface area contributed by atoms with E-state index in [1.54, 1.807) is 45.0 Å². The Bertz CT molecular complexity index is 1350. The number of fused-ring (bicyclic) bond motifs is 2. The van der Waals surface area contributed by atoms with Crippen LogP contribution in [0.3, 0.4) is 0 Å². The number of amides is 4. The molecule has 16 heteroatoms. The van der Waals surface area contributed by atoms with Crippen molar-refractivity contribution in [1.29, 1.82) is 5.26 Å². The highest BCUT2D eigenvalue weighted by molar-refractivity contribution is 6.07. The highest BCUT2D eigenvalue weighted by Crippen LogP contribution is 2.48. The maximum atomic E-state index is 14.0. The predicted molar refractivity (Wildman–Crippen MR) is 137 cm³/mol. The van der Waals surface area contributed by atoms with Crippen LogP contribution < -0.4 is 10.6 Å². The van der Waals surface area contributed by atoms with Crippen molar-refractivity contribution in [2.24, 2.45) is 5.41 Å². The molecule has 0 bridgehead atoms. The number of para-hydroxylation sites is 1. The molecule has 4 amide bonds. The Morgan fingerprint density at radius 3 is 2.26 bits per heavy atom. The van der Waals surface area contributed by atoms with Crippen molar-refractivity contribution >= 4 is 29.3 Å². The molecule has 2 heterocycles. The van der Waals surface area contributed by atoms with Crippen LogP contribution in [0.25, 0.3) is 0 Å². The van der Waals surface area contributed by atoms with E-state index in [1.165, 1.54) is 5.32 Å². The van der Waals surface area contributed by atoms with Gasteiger partial charge >= 0.3 is 18.0 Å². The van der Waals surface area contributed by atoms with Gasteiger partial charge in [0.25, 0.3) is 5.91 Å². The second-order valence-electron chi connectivity index (χ2n) is 12.0. The molecule has 0 radical (unpaired) electrons. The van der Waals surface area contributed by atoms with Crippen LogP contribution in [0.5, 0.6) is 0 Å². The van der Waals surface area contributed by atoms with E-state index in [4.69, 9.17) is 0 Å². The van der Waals surface area contributed by atoms with Gasteiger partial charge in [-0.3, -0.25) is 19.2 Å². The summed E-state index contributed by atoms with van der Waals surface area (Å²) in [6.45, 7) is 5.64. The lowest BCUT2D eigenvalue weighted by molar-refractivity contribution is -0.344. The van der Waals surface area contributed by atoms with Crippen molar-refractivity contribution in [3.05, 3.63) is 29.8 Å². The molecule has 4 atom stereocenters. The molecule has 3 rings (SSSR count). The number of likely N-dealkylation sites (tertiary alicyclic amines) is 1. The molecule has 2 aliphatic heterocycles. The molecule has 2 aliphatic rings. The van der Waals surface area contributed by atoms with Crippen LogP contribution >= 0.6 is 0 Å². The zero-order valence-corrected chi connectivity index (χ0v) is 23.8. The molecule has 43 heavy (non-hydrogen) atoms. The Morgan fingerprint density at radius 1 is 1.14 bits per heavy atom. The fourth-order valence-corrected chi connectivity index (χ4v) is 5.28. The minimum atomic E-state index is -6.76. The minimum Gasteiger partial charge on any atom is -0.339 e. The Labute approximate surface area is 242 Å². The van der Waals surface area contributed by atoms with Crippen LogP contribution in [0, 0.1) is 16.7 Å². The molecule has 0 saturated carbocycles. The van der Waals surface area contributed by atoms with Gasteiger partial charge in [-0.1, -0.05) is 39.0 Å². The van der Waals surface area contributed by atoms with E-state index in [0.717, 1.165) is 23.8 Å². The van der Waals surface area contributed by atoms with Gasteiger partial charge in [0.1, 0.15) is 18.1 Å². The smallest absolute Gasteiger partial charge is 0.339 e. The first kappa shape index (κ1) is 33.6. The van der Waals surface area contributed by atoms with Crippen LogP contribution in [-0.4, -0.2) is 83.2 Å². The summed E-state index contributed by atoms with van der Waals surface area (Å²) in [6, 6.07) is 4.13. The number of carbonyl (C=O) groups excluding carboxylic acids is 4. The number of likely N-dealkylation sites (N-methyl/N-ethyl adjacent to an activating group) is 1. The van der Waals surface area contributed by atoms with Crippen molar-refractivity contribution < 1.29 is 49.9 Å². The van der Waals surface area contributed by atoms with Gasteiger partial charge in [-0.25, -0.2) is 0 Å². The second-order valence-corrected chi connectivity index (χ2v) is 12.0. The number of carbonyl (C=O) groups is 4. The minimum absolute atomic E-state index is 0.0626. The van der Waals surface area contributed by atoms with Crippen LogP contribution in [-0.2, 0) is 24.6 Å². The topological polar surface area (TPSA) is 123 Å². The Hall–Kier alpha value is -3.90. The third kappa shape index (κ3) is 5.85. The lowest BCUT2D eigenvalue weighted by Gasteiger charge is -2.37. The molecular formula is C27H30F7N5O4. The summed E-state index contributed by atoms with van der Waals surface area (Å²) < 4.78 is 92.0. The average molecular weight is 622 g/mol. The molecule has 0 aliphatic carbocycles.